The summed E-state index contributed by atoms with van der Waals surface area (Å²) < 4.78 is 34.0. The second kappa shape index (κ2) is 11.3. The number of hydrogen-bond acceptors (Lipinski definition) is 7. The third-order valence-electron chi connectivity index (χ3n) is 8.91. The van der Waals surface area contributed by atoms with Crippen molar-refractivity contribution in [3.8, 4) is 5.75 Å². The third kappa shape index (κ3) is 5.35. The van der Waals surface area contributed by atoms with Gasteiger partial charge in [0.05, 0.1) is 12.7 Å². The highest BCUT2D eigenvalue weighted by Crippen LogP contribution is 2.37. The van der Waals surface area contributed by atoms with Crippen LogP contribution in [0, 0.1) is 17.6 Å². The topological polar surface area (TPSA) is 85.4 Å². The minimum atomic E-state index is -0.665. The van der Waals surface area contributed by atoms with Crippen molar-refractivity contribution < 1.29 is 27.9 Å². The van der Waals surface area contributed by atoms with Crippen molar-refractivity contribution in [3.05, 3.63) is 53.1 Å². The van der Waals surface area contributed by atoms with E-state index < -0.39 is 23.6 Å². The first-order valence-electron chi connectivity index (χ1n) is 14.3. The highest BCUT2D eigenvalue weighted by Gasteiger charge is 2.41. The number of hydrogen-bond donors (Lipinski definition) is 1. The molecule has 0 aromatic heterocycles. The Hall–Kier alpha value is -3.73. The molecular weight excluding hydrogens is 532 g/mol. The van der Waals surface area contributed by atoms with Gasteiger partial charge >= 0.3 is 0 Å². The molecule has 3 saturated heterocycles. The number of benzene rings is 2. The molecule has 0 aliphatic carbocycles. The maximum atomic E-state index is 14.2. The molecule has 4 aliphatic heterocycles. The van der Waals surface area contributed by atoms with Crippen LogP contribution in [0.5, 0.6) is 5.75 Å². The number of carbonyl (C=O) groups excluding carboxylic acids is 3. The molecule has 0 radical (unpaired) electrons. The Kier molecular flexibility index (Phi) is 7.54. The zero-order valence-corrected chi connectivity index (χ0v) is 23.2. The lowest BCUT2D eigenvalue weighted by Gasteiger charge is -2.40. The summed E-state index contributed by atoms with van der Waals surface area (Å²) in [4.78, 5) is 45.4. The molecule has 2 aromatic rings. The second-order valence-corrected chi connectivity index (χ2v) is 11.4. The number of imide groups is 1. The van der Waals surface area contributed by atoms with Gasteiger partial charge < -0.3 is 19.4 Å². The number of carbonyl (C=O) groups is 3. The number of anilines is 2. The van der Waals surface area contributed by atoms with E-state index in [1.807, 2.05) is 17.0 Å². The van der Waals surface area contributed by atoms with Crippen molar-refractivity contribution >= 4 is 29.1 Å². The van der Waals surface area contributed by atoms with Gasteiger partial charge in [-0.25, -0.2) is 8.78 Å². The van der Waals surface area contributed by atoms with Crippen LogP contribution < -0.4 is 19.9 Å². The van der Waals surface area contributed by atoms with Crippen LogP contribution in [0.15, 0.2) is 30.3 Å². The fourth-order valence-corrected chi connectivity index (χ4v) is 6.68. The maximum absolute atomic E-state index is 14.2. The Balaban J connectivity index is 1.05. The molecule has 4 heterocycles. The maximum Gasteiger partial charge on any atom is 0.258 e. The Morgan fingerprint density at radius 2 is 1.63 bits per heavy atom. The van der Waals surface area contributed by atoms with Crippen LogP contribution >= 0.6 is 0 Å². The first-order chi connectivity index (χ1) is 19.8. The molecule has 9 nitrogen and oxygen atoms in total. The minimum Gasteiger partial charge on any atom is -0.496 e. The molecule has 6 rings (SSSR count). The summed E-state index contributed by atoms with van der Waals surface area (Å²) in [7, 11) is 1.55. The summed E-state index contributed by atoms with van der Waals surface area (Å²) in [6, 6.07) is 7.28. The molecule has 1 unspecified atom stereocenters. The van der Waals surface area contributed by atoms with Crippen molar-refractivity contribution in [3.63, 3.8) is 0 Å². The Morgan fingerprint density at radius 3 is 2.29 bits per heavy atom. The SMILES string of the molecule is COc1cc(N2CCN(CC3CCN(c4c(F)cccc4F)CC3)CC2)cc2c1C(=O)N(C1CCC(=O)NC1=O)C2. The molecule has 41 heavy (non-hydrogen) atoms. The number of piperazine rings is 1. The van der Waals surface area contributed by atoms with E-state index in [1.54, 1.807) is 12.0 Å². The summed E-state index contributed by atoms with van der Waals surface area (Å²) in [5.41, 5.74) is 2.39. The van der Waals surface area contributed by atoms with Gasteiger partial charge in [0, 0.05) is 70.5 Å². The van der Waals surface area contributed by atoms with Gasteiger partial charge in [-0.15, -0.1) is 0 Å². The summed E-state index contributed by atoms with van der Waals surface area (Å²) in [6.07, 6.45) is 2.33. The van der Waals surface area contributed by atoms with Crippen LogP contribution in [0.2, 0.25) is 0 Å². The van der Waals surface area contributed by atoms with Crippen molar-refractivity contribution in [1.29, 1.82) is 0 Å². The predicted octanol–water partition coefficient (Wildman–Crippen LogP) is 2.77. The van der Waals surface area contributed by atoms with Crippen molar-refractivity contribution in [2.24, 2.45) is 5.92 Å². The van der Waals surface area contributed by atoms with Crippen molar-refractivity contribution in [1.82, 2.24) is 15.1 Å². The van der Waals surface area contributed by atoms with Crippen molar-refractivity contribution in [2.45, 2.75) is 38.3 Å². The first-order valence-corrected chi connectivity index (χ1v) is 14.3. The van der Waals surface area contributed by atoms with E-state index in [1.165, 1.54) is 18.2 Å². The fraction of sp³-hybridized carbons (Fsp3) is 0.500. The largest absolute Gasteiger partial charge is 0.496 e. The molecule has 1 atom stereocenters. The average Bonchev–Trinajstić information content (AvgIpc) is 3.29. The van der Waals surface area contributed by atoms with Crippen LogP contribution in [0.3, 0.4) is 0 Å². The monoisotopic (exact) mass is 567 g/mol. The van der Waals surface area contributed by atoms with Gasteiger partial charge in [-0.1, -0.05) is 6.07 Å². The van der Waals surface area contributed by atoms with Crippen LogP contribution in [0.4, 0.5) is 20.2 Å². The quantitative estimate of drug-likeness (QED) is 0.538. The molecule has 1 N–H and O–H groups in total. The number of fused-ring (bicyclic) bond motifs is 1. The summed E-state index contributed by atoms with van der Waals surface area (Å²) in [5.74, 6) is -1.01. The number of halogens is 2. The van der Waals surface area contributed by atoms with Gasteiger partial charge in [-0.3, -0.25) is 24.6 Å². The van der Waals surface area contributed by atoms with Gasteiger partial charge in [-0.2, -0.15) is 0 Å². The van der Waals surface area contributed by atoms with Crippen LogP contribution in [-0.4, -0.2) is 86.5 Å². The number of ether oxygens (including phenoxy) is 1. The van der Waals surface area contributed by atoms with E-state index in [4.69, 9.17) is 4.74 Å². The molecule has 4 aliphatic rings. The fourth-order valence-electron chi connectivity index (χ4n) is 6.68. The van der Waals surface area contributed by atoms with Crippen molar-refractivity contribution in [2.75, 3.05) is 62.7 Å². The first kappa shape index (κ1) is 27.4. The number of piperidine rings is 2. The molecule has 0 spiro atoms. The Labute approximate surface area is 238 Å². The van der Waals surface area contributed by atoms with Crippen LogP contribution in [0.1, 0.15) is 41.6 Å². The number of para-hydroxylation sites is 1. The van der Waals surface area contributed by atoms with Gasteiger partial charge in [0.1, 0.15) is 29.1 Å². The van der Waals surface area contributed by atoms with E-state index in [-0.39, 0.29) is 23.9 Å². The molecule has 0 saturated carbocycles. The van der Waals surface area contributed by atoms with Gasteiger partial charge in [0.2, 0.25) is 11.8 Å². The summed E-state index contributed by atoms with van der Waals surface area (Å²) in [5, 5.41) is 2.34. The Bertz CT molecular complexity index is 1330. The third-order valence-corrected chi connectivity index (χ3v) is 8.91. The van der Waals surface area contributed by atoms with E-state index >= 15 is 0 Å². The molecular formula is C30H35F2N5O4. The van der Waals surface area contributed by atoms with E-state index in [0.717, 1.165) is 56.8 Å². The molecule has 3 fully saturated rings. The Morgan fingerprint density at radius 1 is 0.927 bits per heavy atom. The average molecular weight is 568 g/mol. The number of rotatable bonds is 6. The predicted molar refractivity (Wildman–Crippen MR) is 149 cm³/mol. The highest BCUT2D eigenvalue weighted by atomic mass is 19.1. The number of amides is 3. The molecule has 2 aromatic carbocycles. The van der Waals surface area contributed by atoms with E-state index in [0.29, 0.717) is 43.3 Å². The van der Waals surface area contributed by atoms with Gasteiger partial charge in [-0.05, 0) is 48.9 Å². The van der Waals surface area contributed by atoms with Crippen LogP contribution in [-0.2, 0) is 16.1 Å². The van der Waals surface area contributed by atoms with E-state index in [9.17, 15) is 23.2 Å². The lowest BCUT2D eigenvalue weighted by molar-refractivity contribution is -0.136. The summed E-state index contributed by atoms with van der Waals surface area (Å²) >= 11 is 0. The van der Waals surface area contributed by atoms with E-state index in [2.05, 4.69) is 15.1 Å². The smallest absolute Gasteiger partial charge is 0.258 e. The molecule has 11 heteroatoms. The summed E-state index contributed by atoms with van der Waals surface area (Å²) in [6.45, 7) is 5.99. The molecule has 3 amide bonds. The minimum absolute atomic E-state index is 0.0891. The van der Waals surface area contributed by atoms with Gasteiger partial charge in [0.25, 0.3) is 5.91 Å². The zero-order chi connectivity index (χ0) is 28.7. The standard InChI is InChI=1S/C30H35F2N5O4/c1-41-25-16-21(15-20-18-37(30(40)27(20)25)24-5-6-26(38)33-29(24)39)35-13-11-34(12-14-35)17-19-7-9-36(10-8-19)28-22(31)3-2-4-23(28)32/h2-4,15-16,19,24H,5-14,17-18H2,1H3,(H,33,38,39). The van der Waals surface area contributed by atoms with Gasteiger partial charge in [0.15, 0.2) is 0 Å². The zero-order valence-electron chi connectivity index (χ0n) is 23.2. The second-order valence-electron chi connectivity index (χ2n) is 11.4. The van der Waals surface area contributed by atoms with Crippen LogP contribution in [0.25, 0.3) is 0 Å². The highest BCUT2D eigenvalue weighted by molar-refractivity contribution is 6.06. The lowest BCUT2D eigenvalue weighted by atomic mass is 9.95. The lowest BCUT2D eigenvalue weighted by Crippen LogP contribution is -2.52. The number of nitrogens with zero attached hydrogens (tertiary/aromatic N) is 4. The number of nitrogens with one attached hydrogen (secondary N) is 1. The number of methoxy groups -OCH3 is 1. The molecule has 0 bridgehead atoms. The molecule has 218 valence electrons. The normalized spacial score (nSPS) is 22.3.